The number of cyclic esters (lactones) is 1. The Labute approximate surface area is 121 Å². The van der Waals surface area contributed by atoms with Crippen molar-refractivity contribution in [2.45, 2.75) is 6.04 Å². The van der Waals surface area contributed by atoms with Gasteiger partial charge in [-0.2, -0.15) is 0 Å². The highest BCUT2D eigenvalue weighted by Gasteiger charge is 2.23. The van der Waals surface area contributed by atoms with E-state index in [1.807, 2.05) is 24.3 Å². The van der Waals surface area contributed by atoms with E-state index in [0.717, 1.165) is 17.3 Å². The second kappa shape index (κ2) is 5.63. The number of halogens is 1. The third-order valence-corrected chi connectivity index (χ3v) is 3.02. The molecule has 1 aliphatic heterocycles. The Morgan fingerprint density at radius 3 is 2.86 bits per heavy atom. The van der Waals surface area contributed by atoms with Crippen LogP contribution in [0, 0.1) is 17.7 Å². The van der Waals surface area contributed by atoms with Gasteiger partial charge in [0.1, 0.15) is 12.4 Å². The molecule has 21 heavy (non-hydrogen) atoms. The van der Waals surface area contributed by atoms with Crippen molar-refractivity contribution in [3.8, 4) is 11.8 Å². The van der Waals surface area contributed by atoms with E-state index in [1.165, 1.54) is 12.3 Å². The van der Waals surface area contributed by atoms with Gasteiger partial charge in [-0.25, -0.2) is 9.18 Å². The third kappa shape index (κ3) is 3.18. The van der Waals surface area contributed by atoms with Crippen LogP contribution in [0.2, 0.25) is 0 Å². The predicted molar refractivity (Wildman–Crippen MR) is 73.8 cm³/mol. The number of hydrogen-bond donors (Lipinski definition) is 1. The molecule has 1 aliphatic rings. The molecule has 0 bridgehead atoms. The van der Waals surface area contributed by atoms with E-state index in [1.54, 1.807) is 0 Å². The van der Waals surface area contributed by atoms with Gasteiger partial charge in [0.2, 0.25) is 0 Å². The van der Waals surface area contributed by atoms with E-state index in [0.29, 0.717) is 12.2 Å². The largest absolute Gasteiger partial charge is 0.447 e. The molecule has 0 radical (unpaired) electrons. The number of nitrogens with one attached hydrogen (secondary N) is 1. The minimum Gasteiger partial charge on any atom is -0.447 e. The van der Waals surface area contributed by atoms with E-state index in [4.69, 9.17) is 4.74 Å². The standard InChI is InChI=1S/C16H11FN2O2/c17-14-7-12(8-18-9-14)5-4-11-2-1-3-13(6-11)15-10-21-16(20)19-15/h1-3,6-9,15H,10H2,(H,19,20). The summed E-state index contributed by atoms with van der Waals surface area (Å²) in [5, 5.41) is 2.71. The molecule has 1 unspecified atom stereocenters. The summed E-state index contributed by atoms with van der Waals surface area (Å²) in [6, 6.07) is 8.65. The number of amides is 1. The van der Waals surface area contributed by atoms with Gasteiger partial charge in [-0.3, -0.25) is 4.98 Å². The fourth-order valence-electron chi connectivity index (χ4n) is 2.02. The number of carbonyl (C=O) groups is 1. The zero-order chi connectivity index (χ0) is 14.7. The van der Waals surface area contributed by atoms with Crippen LogP contribution in [-0.2, 0) is 4.74 Å². The smallest absolute Gasteiger partial charge is 0.407 e. The zero-order valence-electron chi connectivity index (χ0n) is 11.0. The number of aromatic nitrogens is 1. The molecule has 1 fully saturated rings. The van der Waals surface area contributed by atoms with Crippen molar-refractivity contribution in [1.82, 2.24) is 10.3 Å². The van der Waals surface area contributed by atoms with Crippen molar-refractivity contribution < 1.29 is 13.9 Å². The lowest BCUT2D eigenvalue weighted by atomic mass is 10.0. The Morgan fingerprint density at radius 1 is 1.24 bits per heavy atom. The summed E-state index contributed by atoms with van der Waals surface area (Å²) in [5.74, 6) is 5.39. The summed E-state index contributed by atoms with van der Waals surface area (Å²) >= 11 is 0. The number of pyridine rings is 1. The van der Waals surface area contributed by atoms with Crippen LogP contribution in [0.25, 0.3) is 0 Å². The molecule has 1 amide bonds. The number of alkyl carbamates (subject to hydrolysis) is 1. The van der Waals surface area contributed by atoms with Crippen LogP contribution in [-0.4, -0.2) is 17.7 Å². The molecule has 2 heterocycles. The Kier molecular flexibility index (Phi) is 3.52. The molecule has 0 spiro atoms. The van der Waals surface area contributed by atoms with Crippen molar-refractivity contribution in [2.24, 2.45) is 0 Å². The number of benzene rings is 1. The summed E-state index contributed by atoms with van der Waals surface area (Å²) in [6.45, 7) is 0.309. The van der Waals surface area contributed by atoms with E-state index in [9.17, 15) is 9.18 Å². The van der Waals surface area contributed by atoms with Crippen LogP contribution in [0.5, 0.6) is 0 Å². The van der Waals surface area contributed by atoms with Crippen molar-refractivity contribution in [2.75, 3.05) is 6.61 Å². The van der Waals surface area contributed by atoms with Crippen LogP contribution in [0.4, 0.5) is 9.18 Å². The highest BCUT2D eigenvalue weighted by atomic mass is 19.1. The Hall–Kier alpha value is -2.87. The van der Waals surface area contributed by atoms with Gasteiger partial charge in [-0.1, -0.05) is 24.0 Å². The van der Waals surface area contributed by atoms with E-state index in [-0.39, 0.29) is 6.04 Å². The fourth-order valence-corrected chi connectivity index (χ4v) is 2.02. The van der Waals surface area contributed by atoms with E-state index < -0.39 is 11.9 Å². The Bertz CT molecular complexity index is 749. The summed E-state index contributed by atoms with van der Waals surface area (Å²) in [5.41, 5.74) is 2.21. The number of hydrogen-bond acceptors (Lipinski definition) is 3. The lowest BCUT2D eigenvalue weighted by Crippen LogP contribution is -2.18. The van der Waals surface area contributed by atoms with Gasteiger partial charge in [0.15, 0.2) is 0 Å². The van der Waals surface area contributed by atoms with Gasteiger partial charge in [0, 0.05) is 17.3 Å². The van der Waals surface area contributed by atoms with Gasteiger partial charge in [-0.05, 0) is 23.8 Å². The number of rotatable bonds is 1. The zero-order valence-corrected chi connectivity index (χ0v) is 11.0. The summed E-state index contributed by atoms with van der Waals surface area (Å²) in [4.78, 5) is 14.8. The molecule has 4 nitrogen and oxygen atoms in total. The van der Waals surface area contributed by atoms with Crippen LogP contribution >= 0.6 is 0 Å². The van der Waals surface area contributed by atoms with Crippen LogP contribution in [0.3, 0.4) is 0 Å². The van der Waals surface area contributed by atoms with Crippen LogP contribution in [0.1, 0.15) is 22.7 Å². The first-order valence-corrected chi connectivity index (χ1v) is 6.36. The van der Waals surface area contributed by atoms with Gasteiger partial charge in [-0.15, -0.1) is 0 Å². The molecule has 1 atom stereocenters. The maximum atomic E-state index is 13.0. The lowest BCUT2D eigenvalue weighted by Gasteiger charge is -2.07. The maximum absolute atomic E-state index is 13.0. The maximum Gasteiger partial charge on any atom is 0.407 e. The summed E-state index contributed by atoms with van der Waals surface area (Å²) in [6.07, 6.45) is 2.22. The molecule has 0 aliphatic carbocycles. The Morgan fingerprint density at radius 2 is 2.10 bits per heavy atom. The third-order valence-electron chi connectivity index (χ3n) is 3.02. The van der Waals surface area contributed by atoms with Crippen LogP contribution < -0.4 is 5.32 Å². The number of nitrogens with zero attached hydrogens (tertiary/aromatic N) is 1. The van der Waals surface area contributed by atoms with E-state index >= 15 is 0 Å². The summed E-state index contributed by atoms with van der Waals surface area (Å²) in [7, 11) is 0. The van der Waals surface area contributed by atoms with Crippen molar-refractivity contribution in [3.63, 3.8) is 0 Å². The molecule has 5 heteroatoms. The van der Waals surface area contributed by atoms with Crippen molar-refractivity contribution >= 4 is 6.09 Å². The van der Waals surface area contributed by atoms with Gasteiger partial charge >= 0.3 is 6.09 Å². The normalized spacial score (nSPS) is 16.6. The SMILES string of the molecule is O=C1NC(c2cccc(C#Cc3cncc(F)c3)c2)CO1. The Balaban J connectivity index is 1.82. The monoisotopic (exact) mass is 282 g/mol. The first-order valence-electron chi connectivity index (χ1n) is 6.36. The van der Waals surface area contributed by atoms with Crippen molar-refractivity contribution in [3.05, 3.63) is 65.2 Å². The highest BCUT2D eigenvalue weighted by Crippen LogP contribution is 2.18. The fraction of sp³-hybridized carbons (Fsp3) is 0.125. The second-order valence-corrected chi connectivity index (χ2v) is 4.56. The first kappa shape index (κ1) is 13.1. The molecule has 1 aromatic carbocycles. The minimum atomic E-state index is -0.415. The molecule has 1 saturated heterocycles. The van der Waals surface area contributed by atoms with Gasteiger partial charge in [0.05, 0.1) is 12.2 Å². The topological polar surface area (TPSA) is 51.2 Å². The minimum absolute atomic E-state index is 0.157. The molecule has 1 aromatic heterocycles. The van der Waals surface area contributed by atoms with Gasteiger partial charge < -0.3 is 10.1 Å². The van der Waals surface area contributed by atoms with Crippen LogP contribution in [0.15, 0.2) is 42.7 Å². The molecular formula is C16H11FN2O2. The molecule has 3 rings (SSSR count). The molecular weight excluding hydrogens is 271 g/mol. The second-order valence-electron chi connectivity index (χ2n) is 4.56. The van der Waals surface area contributed by atoms with Crippen molar-refractivity contribution in [1.29, 1.82) is 0 Å². The molecule has 0 saturated carbocycles. The lowest BCUT2D eigenvalue weighted by molar-refractivity contribution is 0.177. The highest BCUT2D eigenvalue weighted by molar-refractivity contribution is 5.70. The molecule has 1 N–H and O–H groups in total. The average Bonchev–Trinajstić information content (AvgIpc) is 2.92. The quantitative estimate of drug-likeness (QED) is 0.817. The summed E-state index contributed by atoms with van der Waals surface area (Å²) < 4.78 is 17.9. The molecule has 104 valence electrons. The molecule has 2 aromatic rings. The first-order chi connectivity index (χ1) is 10.2. The predicted octanol–water partition coefficient (Wildman–Crippen LogP) is 2.40. The average molecular weight is 282 g/mol. The van der Waals surface area contributed by atoms with E-state index in [2.05, 4.69) is 22.1 Å². The van der Waals surface area contributed by atoms with Gasteiger partial charge in [0.25, 0.3) is 0 Å². The number of ether oxygens (including phenoxy) is 1. The number of carbonyl (C=O) groups excluding carboxylic acids is 1.